The third-order valence-electron chi connectivity index (χ3n) is 4.88. The summed E-state index contributed by atoms with van der Waals surface area (Å²) < 4.78 is 5.51. The molecule has 0 aliphatic carbocycles. The van der Waals surface area contributed by atoms with Gasteiger partial charge in [-0.1, -0.05) is 13.3 Å². The molecule has 2 aliphatic rings. The van der Waals surface area contributed by atoms with Crippen LogP contribution in [0.3, 0.4) is 0 Å². The molecule has 4 nitrogen and oxygen atoms in total. The van der Waals surface area contributed by atoms with Crippen LogP contribution in [0.1, 0.15) is 51.9 Å². The molecule has 4 heteroatoms. The molecule has 0 aromatic heterocycles. The molecule has 110 valence electrons. The van der Waals surface area contributed by atoms with E-state index < -0.39 is 11.4 Å². The number of ether oxygens (including phenoxy) is 1. The Balaban J connectivity index is 1.91. The lowest BCUT2D eigenvalue weighted by atomic mass is 9.74. The lowest BCUT2D eigenvalue weighted by molar-refractivity contribution is -0.153. The van der Waals surface area contributed by atoms with Gasteiger partial charge in [-0.05, 0) is 51.6 Å². The van der Waals surface area contributed by atoms with Crippen molar-refractivity contribution in [2.45, 2.75) is 57.9 Å². The van der Waals surface area contributed by atoms with Gasteiger partial charge in [0.2, 0.25) is 0 Å². The van der Waals surface area contributed by atoms with E-state index in [1.807, 2.05) is 0 Å². The standard InChI is InChI=1S/C15H27NO3/c1-2-6-15(14(17)18)7-9-16(10-8-15)13-4-3-11-19-12-5-13/h13H,2-12H2,1H3,(H,17,18). The largest absolute Gasteiger partial charge is 0.481 e. The van der Waals surface area contributed by atoms with Gasteiger partial charge in [0.25, 0.3) is 0 Å². The molecular weight excluding hydrogens is 242 g/mol. The van der Waals surface area contributed by atoms with Crippen LogP contribution in [-0.4, -0.2) is 48.3 Å². The Morgan fingerprint density at radius 3 is 2.68 bits per heavy atom. The molecule has 0 saturated carbocycles. The molecule has 2 aliphatic heterocycles. The van der Waals surface area contributed by atoms with Crippen molar-refractivity contribution >= 4 is 5.97 Å². The van der Waals surface area contributed by atoms with Crippen molar-refractivity contribution in [2.75, 3.05) is 26.3 Å². The van der Waals surface area contributed by atoms with Crippen LogP contribution in [0, 0.1) is 5.41 Å². The van der Waals surface area contributed by atoms with Crippen molar-refractivity contribution in [1.82, 2.24) is 4.90 Å². The highest BCUT2D eigenvalue weighted by molar-refractivity contribution is 5.74. The van der Waals surface area contributed by atoms with Crippen molar-refractivity contribution in [2.24, 2.45) is 5.41 Å². The molecule has 1 unspecified atom stereocenters. The number of likely N-dealkylation sites (tertiary alicyclic amines) is 1. The van der Waals surface area contributed by atoms with Gasteiger partial charge in [0.05, 0.1) is 5.41 Å². The summed E-state index contributed by atoms with van der Waals surface area (Å²) in [7, 11) is 0. The van der Waals surface area contributed by atoms with Gasteiger partial charge in [-0.2, -0.15) is 0 Å². The molecule has 2 rings (SSSR count). The summed E-state index contributed by atoms with van der Waals surface area (Å²) in [4.78, 5) is 14.1. The summed E-state index contributed by atoms with van der Waals surface area (Å²) in [5, 5.41) is 9.52. The predicted octanol–water partition coefficient (Wildman–Crippen LogP) is 2.52. The fourth-order valence-corrected chi connectivity index (χ4v) is 3.62. The zero-order valence-electron chi connectivity index (χ0n) is 12.1. The molecule has 2 saturated heterocycles. The molecule has 19 heavy (non-hydrogen) atoms. The minimum atomic E-state index is -0.585. The lowest BCUT2D eigenvalue weighted by Gasteiger charge is -2.42. The van der Waals surface area contributed by atoms with Gasteiger partial charge in [-0.15, -0.1) is 0 Å². The van der Waals surface area contributed by atoms with Gasteiger partial charge in [0, 0.05) is 19.3 Å². The zero-order valence-corrected chi connectivity index (χ0v) is 12.1. The number of piperidine rings is 1. The Labute approximate surface area is 116 Å². The van der Waals surface area contributed by atoms with Crippen molar-refractivity contribution in [3.05, 3.63) is 0 Å². The van der Waals surface area contributed by atoms with Crippen molar-refractivity contribution in [3.8, 4) is 0 Å². The molecular formula is C15H27NO3. The lowest BCUT2D eigenvalue weighted by Crippen LogP contribution is -2.48. The maximum atomic E-state index is 11.6. The summed E-state index contributed by atoms with van der Waals surface area (Å²) in [6, 6.07) is 0.607. The van der Waals surface area contributed by atoms with E-state index in [4.69, 9.17) is 4.74 Å². The molecule has 0 spiro atoms. The van der Waals surface area contributed by atoms with E-state index in [0.29, 0.717) is 6.04 Å². The van der Waals surface area contributed by atoms with Gasteiger partial charge in [-0.3, -0.25) is 4.79 Å². The van der Waals surface area contributed by atoms with Crippen LogP contribution in [0.2, 0.25) is 0 Å². The van der Waals surface area contributed by atoms with E-state index in [1.54, 1.807) is 0 Å². The van der Waals surface area contributed by atoms with E-state index in [-0.39, 0.29) is 0 Å². The van der Waals surface area contributed by atoms with Gasteiger partial charge in [0.15, 0.2) is 0 Å². The fourth-order valence-electron chi connectivity index (χ4n) is 3.62. The summed E-state index contributed by atoms with van der Waals surface area (Å²) in [6.07, 6.45) is 6.86. The molecule has 0 aromatic rings. The third kappa shape index (κ3) is 3.48. The highest BCUT2D eigenvalue weighted by Crippen LogP contribution is 2.37. The average Bonchev–Trinajstić information content (AvgIpc) is 2.68. The maximum absolute atomic E-state index is 11.6. The molecule has 1 atom stereocenters. The highest BCUT2D eigenvalue weighted by atomic mass is 16.5. The van der Waals surface area contributed by atoms with Crippen LogP contribution in [0.5, 0.6) is 0 Å². The topological polar surface area (TPSA) is 49.8 Å². The second-order valence-electron chi connectivity index (χ2n) is 6.07. The maximum Gasteiger partial charge on any atom is 0.309 e. The molecule has 0 amide bonds. The van der Waals surface area contributed by atoms with Crippen LogP contribution in [-0.2, 0) is 9.53 Å². The SMILES string of the molecule is CCCC1(C(=O)O)CCN(C2CCCOCC2)CC1. The van der Waals surface area contributed by atoms with Crippen LogP contribution in [0.15, 0.2) is 0 Å². The minimum Gasteiger partial charge on any atom is -0.481 e. The second-order valence-corrected chi connectivity index (χ2v) is 6.07. The first kappa shape index (κ1) is 14.8. The Kier molecular flexibility index (Phi) is 5.22. The number of nitrogens with zero attached hydrogens (tertiary/aromatic N) is 1. The van der Waals surface area contributed by atoms with Crippen LogP contribution in [0.25, 0.3) is 0 Å². The zero-order chi connectivity index (χ0) is 13.7. The van der Waals surface area contributed by atoms with Gasteiger partial charge in [0.1, 0.15) is 0 Å². The van der Waals surface area contributed by atoms with E-state index >= 15 is 0 Å². The van der Waals surface area contributed by atoms with Crippen molar-refractivity contribution < 1.29 is 14.6 Å². The Hall–Kier alpha value is -0.610. The second kappa shape index (κ2) is 6.71. The minimum absolute atomic E-state index is 0.452. The molecule has 2 fully saturated rings. The number of hydrogen-bond acceptors (Lipinski definition) is 3. The first-order chi connectivity index (χ1) is 9.18. The monoisotopic (exact) mass is 269 g/mol. The first-order valence-electron chi connectivity index (χ1n) is 7.73. The first-order valence-corrected chi connectivity index (χ1v) is 7.73. The number of aliphatic carboxylic acids is 1. The van der Waals surface area contributed by atoms with Crippen LogP contribution in [0.4, 0.5) is 0 Å². The Bertz CT molecular complexity index is 290. The quantitative estimate of drug-likeness (QED) is 0.852. The predicted molar refractivity (Wildman–Crippen MR) is 74.2 cm³/mol. The van der Waals surface area contributed by atoms with E-state index in [0.717, 1.165) is 64.8 Å². The molecule has 0 bridgehead atoms. The normalized spacial score (nSPS) is 28.8. The van der Waals surface area contributed by atoms with Crippen LogP contribution < -0.4 is 0 Å². The number of carboxylic acid groups (broad SMARTS) is 1. The number of hydrogen-bond donors (Lipinski definition) is 1. The van der Waals surface area contributed by atoms with Crippen molar-refractivity contribution in [3.63, 3.8) is 0 Å². The summed E-state index contributed by atoms with van der Waals surface area (Å²) in [5.74, 6) is -0.585. The summed E-state index contributed by atoms with van der Waals surface area (Å²) in [6.45, 7) is 5.72. The number of carbonyl (C=O) groups is 1. The molecule has 0 aromatic carbocycles. The average molecular weight is 269 g/mol. The smallest absolute Gasteiger partial charge is 0.309 e. The van der Waals surface area contributed by atoms with Crippen molar-refractivity contribution in [1.29, 1.82) is 0 Å². The van der Waals surface area contributed by atoms with Gasteiger partial charge >= 0.3 is 5.97 Å². The molecule has 2 heterocycles. The number of carboxylic acids is 1. The number of rotatable bonds is 4. The summed E-state index contributed by atoms with van der Waals surface area (Å²) >= 11 is 0. The Morgan fingerprint density at radius 2 is 2.05 bits per heavy atom. The highest BCUT2D eigenvalue weighted by Gasteiger charge is 2.41. The van der Waals surface area contributed by atoms with Gasteiger partial charge < -0.3 is 14.7 Å². The third-order valence-corrected chi connectivity index (χ3v) is 4.88. The fraction of sp³-hybridized carbons (Fsp3) is 0.933. The molecule has 0 radical (unpaired) electrons. The van der Waals surface area contributed by atoms with E-state index in [1.165, 1.54) is 6.42 Å². The summed E-state index contributed by atoms with van der Waals surface area (Å²) in [5.41, 5.74) is -0.452. The Morgan fingerprint density at radius 1 is 1.32 bits per heavy atom. The van der Waals surface area contributed by atoms with Crippen LogP contribution >= 0.6 is 0 Å². The molecule has 1 N–H and O–H groups in total. The van der Waals surface area contributed by atoms with E-state index in [2.05, 4.69) is 11.8 Å². The van der Waals surface area contributed by atoms with Gasteiger partial charge in [-0.25, -0.2) is 0 Å². The van der Waals surface area contributed by atoms with E-state index in [9.17, 15) is 9.90 Å².